The number of hydrogen-bond donors (Lipinski definition) is 0. The topological polar surface area (TPSA) is 13.1 Å². The first-order valence-electron chi connectivity index (χ1n) is 29.8. The van der Waals surface area contributed by atoms with Crippen molar-refractivity contribution in [1.82, 2.24) is 9.13 Å². The number of benzene rings is 14. The largest absolute Gasteiger partial charge is 0.310 e. The molecular weight excluding hydrogens is 1040 g/mol. The molecule has 16 aromatic rings. The summed E-state index contributed by atoms with van der Waals surface area (Å²) < 4.78 is 4.90. The lowest BCUT2D eigenvalue weighted by molar-refractivity contribution is 0.749. The normalized spacial score (nSPS) is 13.9. The van der Waals surface area contributed by atoms with Gasteiger partial charge >= 0.3 is 0 Å². The second-order valence-corrected chi connectivity index (χ2v) is 23.1. The predicted molar refractivity (Wildman–Crippen MR) is 360 cm³/mol. The highest BCUT2D eigenvalue weighted by Gasteiger charge is 2.51. The minimum atomic E-state index is -0.522. The highest BCUT2D eigenvalue weighted by atomic mass is 15.1. The van der Waals surface area contributed by atoms with E-state index in [2.05, 4.69) is 336 Å². The monoisotopic (exact) mass is 1090 g/mol. The molecule has 3 heterocycles. The standard InChI is InChI=1S/C83H53N3/c1-3-20-55(21-4-1)64-24-7-8-25-65(64)68-27-10-15-34-77(68)84(62-45-40-54(41-46-62)59-44-49-80-72(52-59)70-29-12-16-35-78(70)85(80)61-22-5-2-6-23-61)63-47-42-57-50-56(38-39-58(57)51-63)60-43-48-67-66-26-9-13-31-73(66)83(76(67)53-60)74-32-14-18-37-81(74)86-79-36-17-11-28-69(79)71-30-19-33-75(83)82(71)86/h1-53H. The van der Waals surface area contributed by atoms with Gasteiger partial charge in [-0.15, -0.1) is 0 Å². The van der Waals surface area contributed by atoms with Gasteiger partial charge in [0.15, 0.2) is 0 Å². The van der Waals surface area contributed by atoms with E-state index in [1.54, 1.807) is 0 Å². The highest BCUT2D eigenvalue weighted by Crippen LogP contribution is 2.61. The number of anilines is 3. The second-order valence-electron chi connectivity index (χ2n) is 23.1. The molecule has 0 saturated carbocycles. The number of hydrogen-bond acceptors (Lipinski definition) is 1. The molecule has 2 aliphatic rings. The number of para-hydroxylation sites is 6. The van der Waals surface area contributed by atoms with Crippen molar-refractivity contribution in [1.29, 1.82) is 0 Å². The minimum absolute atomic E-state index is 0.522. The molecular formula is C83H53N3. The van der Waals surface area contributed by atoms with Crippen LogP contribution in [0, 0.1) is 0 Å². The molecule has 1 spiro atoms. The van der Waals surface area contributed by atoms with E-state index in [9.17, 15) is 0 Å². The van der Waals surface area contributed by atoms with E-state index in [-0.39, 0.29) is 0 Å². The van der Waals surface area contributed by atoms with E-state index < -0.39 is 5.41 Å². The molecule has 86 heavy (non-hydrogen) atoms. The van der Waals surface area contributed by atoms with Crippen LogP contribution in [0.2, 0.25) is 0 Å². The fourth-order valence-electron chi connectivity index (χ4n) is 15.0. The SMILES string of the molecule is c1ccc(-c2ccccc2-c2ccccc2N(c2ccc(-c3ccc4c(c3)c3ccccc3n4-c3ccccc3)cc2)c2ccc3cc(-c4ccc5c(c4)C4(c6ccccc6-5)c5ccccc5-n5c6ccccc6c6cccc4c65)ccc3c2)cc1. The third kappa shape index (κ3) is 7.03. The van der Waals surface area contributed by atoms with Crippen LogP contribution in [0.3, 0.4) is 0 Å². The fraction of sp³-hybridized carbons (Fsp3) is 0.0120. The van der Waals surface area contributed by atoms with E-state index in [0.717, 1.165) is 33.9 Å². The molecule has 14 aromatic carbocycles. The summed E-state index contributed by atoms with van der Waals surface area (Å²) >= 11 is 0. The van der Waals surface area contributed by atoms with Gasteiger partial charge in [0.05, 0.1) is 38.9 Å². The average Bonchev–Trinajstić information content (AvgIpc) is 1.48. The molecule has 3 heteroatoms. The molecule has 1 aliphatic carbocycles. The number of aromatic nitrogens is 2. The predicted octanol–water partition coefficient (Wildman–Crippen LogP) is 21.8. The van der Waals surface area contributed by atoms with E-state index in [1.807, 2.05) is 0 Å². The molecule has 3 nitrogen and oxygen atoms in total. The third-order valence-corrected chi connectivity index (χ3v) is 18.7. The Morgan fingerprint density at radius 1 is 0.256 bits per heavy atom. The van der Waals surface area contributed by atoms with Crippen molar-refractivity contribution in [3.63, 3.8) is 0 Å². The van der Waals surface area contributed by atoms with Gasteiger partial charge in [-0.25, -0.2) is 0 Å². The Kier molecular flexibility index (Phi) is 10.6. The second kappa shape index (κ2) is 18.9. The first-order chi connectivity index (χ1) is 42.7. The summed E-state index contributed by atoms with van der Waals surface area (Å²) in [7, 11) is 0. The van der Waals surface area contributed by atoms with Crippen LogP contribution < -0.4 is 4.90 Å². The van der Waals surface area contributed by atoms with Gasteiger partial charge in [-0.3, -0.25) is 0 Å². The van der Waals surface area contributed by atoms with Gasteiger partial charge in [0.25, 0.3) is 0 Å². The van der Waals surface area contributed by atoms with Crippen molar-refractivity contribution in [3.8, 4) is 67.0 Å². The summed E-state index contributed by atoms with van der Waals surface area (Å²) in [4.78, 5) is 2.45. The third-order valence-electron chi connectivity index (χ3n) is 18.7. The Bertz CT molecular complexity index is 5420. The lowest BCUT2D eigenvalue weighted by Gasteiger charge is -2.39. The number of nitrogens with zero attached hydrogens (tertiary/aromatic N) is 3. The summed E-state index contributed by atoms with van der Waals surface area (Å²) in [6.45, 7) is 0. The van der Waals surface area contributed by atoms with Gasteiger partial charge in [0, 0.05) is 44.2 Å². The molecule has 0 radical (unpaired) electrons. The zero-order valence-corrected chi connectivity index (χ0v) is 46.9. The maximum Gasteiger partial charge on any atom is 0.0754 e. The van der Waals surface area contributed by atoms with E-state index >= 15 is 0 Å². The average molecular weight is 1090 g/mol. The van der Waals surface area contributed by atoms with Crippen molar-refractivity contribution < 1.29 is 0 Å². The number of rotatable bonds is 8. The first-order valence-corrected chi connectivity index (χ1v) is 29.8. The zero-order valence-electron chi connectivity index (χ0n) is 46.9. The van der Waals surface area contributed by atoms with Crippen LogP contribution in [0.25, 0.3) is 121 Å². The van der Waals surface area contributed by atoms with Crippen LogP contribution in [0.5, 0.6) is 0 Å². The fourth-order valence-corrected chi connectivity index (χ4v) is 15.0. The smallest absolute Gasteiger partial charge is 0.0754 e. The number of fused-ring (bicyclic) bond motifs is 16. The summed E-state index contributed by atoms with van der Waals surface area (Å²) in [6.07, 6.45) is 0. The van der Waals surface area contributed by atoms with Crippen molar-refractivity contribution in [3.05, 3.63) is 344 Å². The van der Waals surface area contributed by atoms with Crippen molar-refractivity contribution >= 4 is 71.4 Å². The van der Waals surface area contributed by atoms with Crippen LogP contribution in [0.15, 0.2) is 322 Å². The summed E-state index contributed by atoms with van der Waals surface area (Å²) in [6, 6.07) is 119. The quantitative estimate of drug-likeness (QED) is 0.148. The summed E-state index contributed by atoms with van der Waals surface area (Å²) in [5, 5.41) is 7.40. The van der Waals surface area contributed by atoms with Gasteiger partial charge in [-0.1, -0.05) is 237 Å². The zero-order chi connectivity index (χ0) is 56.5. The molecule has 0 saturated heterocycles. The molecule has 1 aliphatic heterocycles. The van der Waals surface area contributed by atoms with Gasteiger partial charge in [0.1, 0.15) is 0 Å². The highest BCUT2D eigenvalue weighted by molar-refractivity contribution is 6.14. The Morgan fingerprint density at radius 2 is 0.791 bits per heavy atom. The van der Waals surface area contributed by atoms with Crippen molar-refractivity contribution in [2.45, 2.75) is 5.41 Å². The molecule has 0 amide bonds. The molecule has 1 unspecified atom stereocenters. The lowest BCUT2D eigenvalue weighted by atomic mass is 9.65. The molecule has 18 rings (SSSR count). The van der Waals surface area contributed by atoms with Gasteiger partial charge in [0.2, 0.25) is 0 Å². The van der Waals surface area contributed by atoms with Crippen molar-refractivity contribution in [2.75, 3.05) is 4.90 Å². The van der Waals surface area contributed by atoms with Gasteiger partial charge in [-0.2, -0.15) is 0 Å². The Labute approximate surface area is 498 Å². The molecule has 2 aromatic heterocycles. The first kappa shape index (κ1) is 48.3. The van der Waals surface area contributed by atoms with Gasteiger partial charge < -0.3 is 14.0 Å². The Morgan fingerprint density at radius 3 is 1.62 bits per heavy atom. The van der Waals surface area contributed by atoms with E-state index in [0.29, 0.717) is 0 Å². The molecule has 1 atom stereocenters. The van der Waals surface area contributed by atoms with Crippen LogP contribution in [0.1, 0.15) is 22.3 Å². The summed E-state index contributed by atoms with van der Waals surface area (Å²) in [5.74, 6) is 0. The molecule has 0 N–H and O–H groups in total. The Balaban J connectivity index is 0.769. The van der Waals surface area contributed by atoms with Crippen LogP contribution >= 0.6 is 0 Å². The molecule has 0 bridgehead atoms. The minimum Gasteiger partial charge on any atom is -0.310 e. The van der Waals surface area contributed by atoms with E-state index in [1.165, 1.54) is 127 Å². The summed E-state index contributed by atoms with van der Waals surface area (Å²) in [5.41, 5.74) is 27.4. The maximum atomic E-state index is 2.52. The van der Waals surface area contributed by atoms with E-state index in [4.69, 9.17) is 0 Å². The lowest BCUT2D eigenvalue weighted by Crippen LogP contribution is -2.33. The Hall–Kier alpha value is -11.3. The molecule has 0 fully saturated rings. The van der Waals surface area contributed by atoms with Crippen LogP contribution in [0.4, 0.5) is 17.1 Å². The molecule has 400 valence electrons. The van der Waals surface area contributed by atoms with Crippen LogP contribution in [-0.4, -0.2) is 9.13 Å². The van der Waals surface area contributed by atoms with Gasteiger partial charge in [-0.05, 0) is 168 Å². The van der Waals surface area contributed by atoms with Crippen LogP contribution in [-0.2, 0) is 5.41 Å². The van der Waals surface area contributed by atoms with Crippen molar-refractivity contribution in [2.24, 2.45) is 0 Å². The maximum absolute atomic E-state index is 2.52.